The molecule has 1 atom stereocenters. The monoisotopic (exact) mass is 796 g/mol. The van der Waals surface area contributed by atoms with Crippen LogP contribution in [0.2, 0.25) is 0 Å². The molecule has 0 fully saturated rings. The van der Waals surface area contributed by atoms with E-state index < -0.39 is 0 Å². The minimum atomic E-state index is 0.307. The average molecular weight is 797 g/mol. The fourth-order valence-electron chi connectivity index (χ4n) is 9.63. The normalized spacial score (nSPS) is 14.0. The van der Waals surface area contributed by atoms with E-state index in [9.17, 15) is 0 Å². The van der Waals surface area contributed by atoms with Crippen molar-refractivity contribution in [3.8, 4) is 16.8 Å². The molecule has 0 aliphatic heterocycles. The molecule has 0 amide bonds. The van der Waals surface area contributed by atoms with Gasteiger partial charge in [0.25, 0.3) is 0 Å². The number of allylic oxidation sites excluding steroid dienone is 4. The molecular formula is C58H40N2S. The first kappa shape index (κ1) is 35.5. The third kappa shape index (κ3) is 6.00. The molecular weight excluding hydrogens is 757 g/mol. The maximum atomic E-state index is 2.44. The number of anilines is 3. The van der Waals surface area contributed by atoms with Crippen molar-refractivity contribution in [3.63, 3.8) is 0 Å². The number of benzene rings is 9. The summed E-state index contributed by atoms with van der Waals surface area (Å²) in [5.74, 6) is 0.307. The molecule has 288 valence electrons. The standard InChI is InChI=1S/C58H40N2S/c1-2-15-46-41(13-1)14-11-19-47(46)42-29-27-39(28-30-42)40-31-35-44(36-32-40)59(45-37-33-43(34-38-45)48-20-12-21-52-51-18-5-10-26-57(51)61-58(48)52)55-24-8-9-25-56(55)60-53-22-6-3-16-49(53)50-17-4-7-23-54(50)60/h1-27,29-39H,28H2. The smallest absolute Gasteiger partial charge is 0.0702 e. The van der Waals surface area contributed by atoms with Gasteiger partial charge in [-0.2, -0.15) is 0 Å². The molecule has 1 unspecified atom stereocenters. The van der Waals surface area contributed by atoms with Crippen molar-refractivity contribution in [1.82, 2.24) is 4.57 Å². The maximum Gasteiger partial charge on any atom is 0.0702 e. The Kier molecular flexibility index (Phi) is 8.53. The minimum Gasteiger partial charge on any atom is -0.308 e. The van der Waals surface area contributed by atoms with Gasteiger partial charge in [0.15, 0.2) is 0 Å². The molecule has 0 spiro atoms. The van der Waals surface area contributed by atoms with Crippen LogP contribution in [0.25, 0.3) is 75.1 Å². The molecule has 0 N–H and O–H groups in total. The van der Waals surface area contributed by atoms with Crippen LogP contribution in [0.1, 0.15) is 23.5 Å². The summed E-state index contributed by atoms with van der Waals surface area (Å²) in [4.78, 5) is 2.43. The van der Waals surface area contributed by atoms with Crippen LogP contribution in [0.15, 0.2) is 224 Å². The largest absolute Gasteiger partial charge is 0.308 e. The zero-order chi connectivity index (χ0) is 40.3. The number of nitrogens with zero attached hydrogens (tertiary/aromatic N) is 2. The zero-order valence-corrected chi connectivity index (χ0v) is 34.3. The quantitative estimate of drug-likeness (QED) is 0.156. The Labute approximate surface area is 359 Å². The lowest BCUT2D eigenvalue weighted by Crippen LogP contribution is -2.13. The van der Waals surface area contributed by atoms with Gasteiger partial charge in [-0.15, -0.1) is 11.3 Å². The highest BCUT2D eigenvalue weighted by atomic mass is 32.1. The highest BCUT2D eigenvalue weighted by molar-refractivity contribution is 7.26. The minimum absolute atomic E-state index is 0.307. The van der Waals surface area contributed by atoms with E-state index in [-0.39, 0.29) is 0 Å². The van der Waals surface area contributed by atoms with Crippen LogP contribution < -0.4 is 4.90 Å². The van der Waals surface area contributed by atoms with Crippen LogP contribution in [0.5, 0.6) is 0 Å². The van der Waals surface area contributed by atoms with Crippen molar-refractivity contribution < 1.29 is 0 Å². The van der Waals surface area contributed by atoms with Crippen LogP contribution >= 0.6 is 11.3 Å². The summed E-state index contributed by atoms with van der Waals surface area (Å²) >= 11 is 1.88. The second-order valence-corrected chi connectivity index (χ2v) is 17.1. The van der Waals surface area contributed by atoms with Crippen molar-refractivity contribution in [3.05, 3.63) is 236 Å². The Morgan fingerprint density at radius 1 is 0.475 bits per heavy atom. The lowest BCUT2D eigenvalue weighted by Gasteiger charge is -2.29. The Balaban J connectivity index is 0.956. The second-order valence-electron chi connectivity index (χ2n) is 16.0. The molecule has 9 aromatic carbocycles. The van der Waals surface area contributed by atoms with Gasteiger partial charge < -0.3 is 9.47 Å². The Morgan fingerprint density at radius 3 is 1.82 bits per heavy atom. The fourth-order valence-corrected chi connectivity index (χ4v) is 10.9. The first-order valence-corrected chi connectivity index (χ1v) is 21.9. The highest BCUT2D eigenvalue weighted by Crippen LogP contribution is 2.44. The summed E-state index contributed by atoms with van der Waals surface area (Å²) in [7, 11) is 0. The van der Waals surface area contributed by atoms with E-state index in [1.807, 2.05) is 11.3 Å². The number of aromatic nitrogens is 1. The van der Waals surface area contributed by atoms with Crippen LogP contribution in [0, 0.1) is 0 Å². The van der Waals surface area contributed by atoms with Gasteiger partial charge in [0.2, 0.25) is 0 Å². The summed E-state index contributed by atoms with van der Waals surface area (Å²) in [6.45, 7) is 0. The summed E-state index contributed by atoms with van der Waals surface area (Å²) < 4.78 is 5.09. The predicted molar refractivity (Wildman–Crippen MR) is 262 cm³/mol. The molecule has 0 radical (unpaired) electrons. The molecule has 0 bridgehead atoms. The van der Waals surface area contributed by atoms with Gasteiger partial charge in [-0.1, -0.05) is 170 Å². The van der Waals surface area contributed by atoms with Crippen LogP contribution in [0.3, 0.4) is 0 Å². The second kappa shape index (κ2) is 14.7. The van der Waals surface area contributed by atoms with Crippen molar-refractivity contribution in [2.45, 2.75) is 12.3 Å². The van der Waals surface area contributed by atoms with Gasteiger partial charge >= 0.3 is 0 Å². The van der Waals surface area contributed by atoms with Gasteiger partial charge in [0, 0.05) is 48.2 Å². The molecule has 2 nitrogen and oxygen atoms in total. The van der Waals surface area contributed by atoms with Crippen LogP contribution in [-0.2, 0) is 0 Å². The van der Waals surface area contributed by atoms with Crippen molar-refractivity contribution >= 4 is 86.7 Å². The number of fused-ring (bicyclic) bond motifs is 7. The zero-order valence-electron chi connectivity index (χ0n) is 33.4. The maximum absolute atomic E-state index is 2.44. The first-order chi connectivity index (χ1) is 30.3. The van der Waals surface area contributed by atoms with Crippen molar-refractivity contribution in [1.29, 1.82) is 0 Å². The molecule has 2 heterocycles. The molecule has 0 saturated carbocycles. The fraction of sp³-hybridized carbons (Fsp3) is 0.0345. The van der Waals surface area contributed by atoms with Gasteiger partial charge in [-0.05, 0) is 99.6 Å². The molecule has 11 aromatic rings. The first-order valence-electron chi connectivity index (χ1n) is 21.1. The van der Waals surface area contributed by atoms with Gasteiger partial charge in [-0.3, -0.25) is 0 Å². The van der Waals surface area contributed by atoms with E-state index in [0.29, 0.717) is 5.92 Å². The third-order valence-electron chi connectivity index (χ3n) is 12.6. The van der Waals surface area contributed by atoms with Gasteiger partial charge in [-0.25, -0.2) is 0 Å². The number of hydrogen-bond acceptors (Lipinski definition) is 2. The molecule has 61 heavy (non-hydrogen) atoms. The third-order valence-corrected chi connectivity index (χ3v) is 13.8. The van der Waals surface area contributed by atoms with E-state index in [4.69, 9.17) is 0 Å². The SMILES string of the molecule is C1=CC(c2ccc(N(c3ccc(-c4cccc5c4sc4ccccc45)cc3)c3ccccc3-n3c4ccccc4c4ccccc43)cc2)CC=C1c1cccc2ccccc12. The van der Waals surface area contributed by atoms with Crippen LogP contribution in [-0.4, -0.2) is 4.57 Å². The summed E-state index contributed by atoms with van der Waals surface area (Å²) in [5, 5.41) is 7.72. The van der Waals surface area contributed by atoms with E-state index in [0.717, 1.165) is 29.2 Å². The lowest BCUT2D eigenvalue weighted by atomic mass is 9.87. The van der Waals surface area contributed by atoms with Crippen LogP contribution in [0.4, 0.5) is 17.1 Å². The topological polar surface area (TPSA) is 8.17 Å². The predicted octanol–water partition coefficient (Wildman–Crippen LogP) is 16.6. The number of thiophene rings is 1. The molecule has 12 rings (SSSR count). The Bertz CT molecular complexity index is 3450. The molecule has 1 aliphatic rings. The highest BCUT2D eigenvalue weighted by Gasteiger charge is 2.22. The number of hydrogen-bond donors (Lipinski definition) is 0. The number of rotatable bonds is 7. The van der Waals surface area contributed by atoms with E-state index >= 15 is 0 Å². The van der Waals surface area contributed by atoms with E-state index in [2.05, 4.69) is 234 Å². The van der Waals surface area contributed by atoms with Gasteiger partial charge in [0.1, 0.15) is 0 Å². The molecule has 2 aromatic heterocycles. The molecule has 3 heteroatoms. The average Bonchev–Trinajstić information content (AvgIpc) is 3.88. The van der Waals surface area contributed by atoms with Crippen molar-refractivity contribution in [2.75, 3.05) is 4.90 Å². The summed E-state index contributed by atoms with van der Waals surface area (Å²) in [6.07, 6.45) is 8.08. The summed E-state index contributed by atoms with van der Waals surface area (Å²) in [5.41, 5.74) is 13.2. The number of para-hydroxylation sites is 4. The van der Waals surface area contributed by atoms with E-state index in [1.54, 1.807) is 0 Å². The van der Waals surface area contributed by atoms with Gasteiger partial charge in [0.05, 0.1) is 22.4 Å². The summed E-state index contributed by atoms with van der Waals surface area (Å²) in [6, 6.07) is 75.6. The lowest BCUT2D eigenvalue weighted by molar-refractivity contribution is 0.856. The van der Waals surface area contributed by atoms with Crippen molar-refractivity contribution in [2.24, 2.45) is 0 Å². The Morgan fingerprint density at radius 2 is 1.07 bits per heavy atom. The molecule has 0 saturated heterocycles. The Hall–Kier alpha value is -7.46. The molecule has 1 aliphatic carbocycles. The van der Waals surface area contributed by atoms with E-state index in [1.165, 1.54) is 80.6 Å².